The summed E-state index contributed by atoms with van der Waals surface area (Å²) in [6.45, 7) is 7.03. The second kappa shape index (κ2) is 6.61. The average Bonchev–Trinajstić information content (AvgIpc) is 2.86. The van der Waals surface area contributed by atoms with Crippen LogP contribution < -0.4 is 5.32 Å². The highest BCUT2D eigenvalue weighted by molar-refractivity contribution is 9.11. The minimum atomic E-state index is 0.0742. The molecule has 1 aliphatic rings. The molecule has 0 bridgehead atoms. The second-order valence-corrected chi connectivity index (χ2v) is 8.79. The van der Waals surface area contributed by atoms with Crippen molar-refractivity contribution in [1.82, 2.24) is 5.32 Å². The molecule has 112 valence electrons. The summed E-state index contributed by atoms with van der Waals surface area (Å²) in [6.07, 6.45) is 5.94. The fourth-order valence-corrected chi connectivity index (χ4v) is 4.14. The van der Waals surface area contributed by atoms with E-state index >= 15 is 0 Å². The van der Waals surface area contributed by atoms with Gasteiger partial charge in [-0.2, -0.15) is 0 Å². The van der Waals surface area contributed by atoms with Crippen molar-refractivity contribution in [2.75, 3.05) is 0 Å². The number of carbonyl (C=O) groups is 1. The van der Waals surface area contributed by atoms with Gasteiger partial charge in [-0.25, -0.2) is 0 Å². The molecular weight excluding hydrogens is 334 g/mol. The molecule has 1 aliphatic carbocycles. The number of rotatable bonds is 4. The van der Waals surface area contributed by atoms with Gasteiger partial charge in [-0.15, -0.1) is 11.3 Å². The molecule has 1 N–H and O–H groups in total. The van der Waals surface area contributed by atoms with Crippen molar-refractivity contribution in [1.29, 1.82) is 0 Å². The lowest BCUT2D eigenvalue weighted by Gasteiger charge is -2.39. The molecule has 20 heavy (non-hydrogen) atoms. The van der Waals surface area contributed by atoms with Crippen molar-refractivity contribution in [3.63, 3.8) is 0 Å². The summed E-state index contributed by atoms with van der Waals surface area (Å²) in [5.41, 5.74) is 1.21. The van der Waals surface area contributed by atoms with E-state index in [9.17, 15) is 4.79 Å². The summed E-state index contributed by atoms with van der Waals surface area (Å²) >= 11 is 4.96. The monoisotopic (exact) mass is 357 g/mol. The molecule has 0 aliphatic heterocycles. The second-order valence-electron chi connectivity index (χ2n) is 6.50. The molecule has 1 amide bonds. The molecule has 1 aromatic heterocycles. The zero-order valence-corrected chi connectivity index (χ0v) is 14.9. The lowest BCUT2D eigenvalue weighted by atomic mass is 9.69. The third-order valence-corrected chi connectivity index (χ3v) is 6.41. The van der Waals surface area contributed by atoms with Crippen LogP contribution in [0.15, 0.2) is 15.2 Å². The first kappa shape index (κ1) is 16.0. The molecule has 0 radical (unpaired) electrons. The first-order chi connectivity index (χ1) is 9.42. The Morgan fingerprint density at radius 1 is 1.40 bits per heavy atom. The molecule has 4 heteroatoms. The van der Waals surface area contributed by atoms with Crippen molar-refractivity contribution in [2.24, 2.45) is 11.3 Å². The average molecular weight is 358 g/mol. The highest BCUT2D eigenvalue weighted by Crippen LogP contribution is 2.40. The molecule has 0 saturated heterocycles. The van der Waals surface area contributed by atoms with E-state index in [-0.39, 0.29) is 5.91 Å². The van der Waals surface area contributed by atoms with E-state index in [1.165, 1.54) is 19.3 Å². The van der Waals surface area contributed by atoms with Gasteiger partial charge in [0.05, 0.1) is 9.35 Å². The predicted octanol–water partition coefficient (Wildman–Crippen LogP) is 5.24. The predicted molar refractivity (Wildman–Crippen MR) is 89.3 cm³/mol. The lowest BCUT2D eigenvalue weighted by Crippen LogP contribution is -2.39. The maximum atomic E-state index is 12.1. The van der Waals surface area contributed by atoms with Crippen molar-refractivity contribution in [3.8, 4) is 0 Å². The smallest absolute Gasteiger partial charge is 0.252 e. The van der Waals surface area contributed by atoms with E-state index < -0.39 is 0 Å². The quantitative estimate of drug-likeness (QED) is 0.784. The fraction of sp³-hybridized carbons (Fsp3) is 0.688. The lowest BCUT2D eigenvalue weighted by molar-refractivity contribution is 0.0893. The molecular formula is C16H24BrNOS. The van der Waals surface area contributed by atoms with Crippen LogP contribution in [0.5, 0.6) is 0 Å². The van der Waals surface area contributed by atoms with Gasteiger partial charge >= 0.3 is 0 Å². The Kier molecular flexibility index (Phi) is 5.30. The molecule has 0 aromatic carbocycles. The van der Waals surface area contributed by atoms with Crippen LogP contribution in [0.3, 0.4) is 0 Å². The zero-order valence-electron chi connectivity index (χ0n) is 12.5. The Labute approximate surface area is 134 Å². The van der Waals surface area contributed by atoms with Crippen LogP contribution in [0, 0.1) is 11.3 Å². The number of carbonyl (C=O) groups excluding carboxylic acids is 1. The SMILES string of the molecule is CCC(C)(C)C1CCC(NC(=O)c2csc(Br)c2)CC1. The van der Waals surface area contributed by atoms with Crippen LogP contribution in [0.1, 0.15) is 63.2 Å². The van der Waals surface area contributed by atoms with Gasteiger partial charge in [-0.3, -0.25) is 4.79 Å². The van der Waals surface area contributed by atoms with E-state index in [0.29, 0.717) is 11.5 Å². The van der Waals surface area contributed by atoms with Gasteiger partial charge in [0.2, 0.25) is 0 Å². The molecule has 2 nitrogen and oxygen atoms in total. The van der Waals surface area contributed by atoms with Gasteiger partial charge in [-0.05, 0) is 59.0 Å². The third-order valence-electron chi connectivity index (χ3n) is 4.91. The highest BCUT2D eigenvalue weighted by atomic mass is 79.9. The van der Waals surface area contributed by atoms with Gasteiger partial charge in [0, 0.05) is 11.4 Å². The van der Waals surface area contributed by atoms with Gasteiger partial charge in [-0.1, -0.05) is 27.2 Å². The first-order valence-electron chi connectivity index (χ1n) is 7.47. The van der Waals surface area contributed by atoms with Gasteiger partial charge < -0.3 is 5.32 Å². The third kappa shape index (κ3) is 3.85. The molecule has 0 unspecified atom stereocenters. The summed E-state index contributed by atoms with van der Waals surface area (Å²) in [6, 6.07) is 2.25. The van der Waals surface area contributed by atoms with E-state index in [1.54, 1.807) is 11.3 Å². The first-order valence-corrected chi connectivity index (χ1v) is 9.14. The van der Waals surface area contributed by atoms with Crippen molar-refractivity contribution >= 4 is 33.2 Å². The van der Waals surface area contributed by atoms with Crippen LogP contribution >= 0.6 is 27.3 Å². The number of nitrogens with one attached hydrogen (secondary N) is 1. The summed E-state index contributed by atoms with van der Waals surface area (Å²) in [7, 11) is 0. The maximum Gasteiger partial charge on any atom is 0.252 e. The largest absolute Gasteiger partial charge is 0.349 e. The Morgan fingerprint density at radius 3 is 2.55 bits per heavy atom. The Hall–Kier alpha value is -0.350. The summed E-state index contributed by atoms with van der Waals surface area (Å²) in [4.78, 5) is 12.1. The molecule has 0 spiro atoms. The summed E-state index contributed by atoms with van der Waals surface area (Å²) in [5.74, 6) is 0.876. The van der Waals surface area contributed by atoms with Crippen LogP contribution in [-0.4, -0.2) is 11.9 Å². The van der Waals surface area contributed by atoms with E-state index in [1.807, 2.05) is 11.4 Å². The molecule has 1 saturated carbocycles. The van der Waals surface area contributed by atoms with Crippen LogP contribution in [0.25, 0.3) is 0 Å². The molecule has 1 heterocycles. The van der Waals surface area contributed by atoms with E-state index in [2.05, 4.69) is 42.0 Å². The Morgan fingerprint density at radius 2 is 2.05 bits per heavy atom. The molecule has 1 aromatic rings. The standard InChI is InChI=1S/C16H24BrNOS/c1-4-16(2,3)12-5-7-13(8-6-12)18-15(19)11-9-14(17)20-10-11/h9-10,12-13H,4-8H2,1-3H3,(H,18,19). The number of halogens is 1. The summed E-state index contributed by atoms with van der Waals surface area (Å²) < 4.78 is 1.01. The Balaban J connectivity index is 1.84. The van der Waals surface area contributed by atoms with Crippen LogP contribution in [-0.2, 0) is 0 Å². The number of amides is 1. The fourth-order valence-electron chi connectivity index (χ4n) is 3.01. The normalized spacial score (nSPS) is 23.6. The topological polar surface area (TPSA) is 29.1 Å². The van der Waals surface area contributed by atoms with Gasteiger partial charge in [0.15, 0.2) is 0 Å². The van der Waals surface area contributed by atoms with Gasteiger partial charge in [0.25, 0.3) is 5.91 Å². The Bertz CT molecular complexity index is 461. The minimum Gasteiger partial charge on any atom is -0.349 e. The van der Waals surface area contributed by atoms with Gasteiger partial charge in [0.1, 0.15) is 0 Å². The maximum absolute atomic E-state index is 12.1. The number of thiophene rings is 1. The molecule has 2 rings (SSSR count). The number of hydrogen-bond acceptors (Lipinski definition) is 2. The van der Waals surface area contributed by atoms with Crippen molar-refractivity contribution in [3.05, 3.63) is 20.8 Å². The van der Waals surface area contributed by atoms with E-state index in [0.717, 1.165) is 28.1 Å². The van der Waals surface area contributed by atoms with Crippen molar-refractivity contribution < 1.29 is 4.79 Å². The summed E-state index contributed by atoms with van der Waals surface area (Å²) in [5, 5.41) is 5.09. The van der Waals surface area contributed by atoms with Crippen LogP contribution in [0.2, 0.25) is 0 Å². The van der Waals surface area contributed by atoms with E-state index in [4.69, 9.17) is 0 Å². The van der Waals surface area contributed by atoms with Crippen LogP contribution in [0.4, 0.5) is 0 Å². The van der Waals surface area contributed by atoms with Crippen molar-refractivity contribution in [2.45, 2.75) is 58.9 Å². The molecule has 1 fully saturated rings. The number of hydrogen-bond donors (Lipinski definition) is 1. The zero-order chi connectivity index (χ0) is 14.8. The minimum absolute atomic E-state index is 0.0742. The highest BCUT2D eigenvalue weighted by Gasteiger charge is 2.32. The molecule has 0 atom stereocenters.